The maximum Gasteiger partial charge on any atom is 0.301 e. The quantitative estimate of drug-likeness (QED) is 0.227. The Morgan fingerprint density at radius 3 is 2.86 bits per heavy atom. The summed E-state index contributed by atoms with van der Waals surface area (Å²) in [6.45, 7) is 4.41. The second-order valence-electron chi connectivity index (χ2n) is 8.97. The number of aliphatic hydroxyl groups excluding tert-OH is 1. The Kier molecular flexibility index (Phi) is 5.64. The van der Waals surface area contributed by atoms with Crippen LogP contribution in [0.15, 0.2) is 66.5 Å². The largest absolute Gasteiger partial charge is 0.507 e. The Bertz CT molecular complexity index is 1580. The van der Waals surface area contributed by atoms with Gasteiger partial charge in [-0.1, -0.05) is 17.4 Å². The second-order valence-corrected chi connectivity index (χ2v) is 9.98. The van der Waals surface area contributed by atoms with Crippen molar-refractivity contribution in [3.05, 3.63) is 83.2 Å². The standard InChI is InChI=1S/C28H23N3O5S/c1-3-35-19-7-8-20-22(13-19)37-28(30-20)31-24(17-5-4-10-29-14-17)23(26(33)27(31)34)25(32)16-6-9-21-18(12-16)11-15(2)36-21/h4-10,12-15,24,32H,3,11H2,1-2H3/t15-,24+/m1/s1. The lowest BCUT2D eigenvalue weighted by Crippen LogP contribution is -2.29. The van der Waals surface area contributed by atoms with E-state index in [0.717, 1.165) is 16.0 Å². The van der Waals surface area contributed by atoms with Crippen molar-refractivity contribution in [2.75, 3.05) is 11.5 Å². The minimum Gasteiger partial charge on any atom is -0.507 e. The first-order valence-electron chi connectivity index (χ1n) is 12.0. The molecule has 2 atom stereocenters. The minimum atomic E-state index is -0.885. The molecule has 1 saturated heterocycles. The van der Waals surface area contributed by atoms with Gasteiger partial charge in [0.05, 0.1) is 28.4 Å². The van der Waals surface area contributed by atoms with Gasteiger partial charge in [0.1, 0.15) is 23.4 Å². The SMILES string of the molecule is CCOc1ccc2nc(N3C(=O)C(=O)C(=C(O)c4ccc5c(c4)C[C@@H](C)O5)[C@@H]3c3cccnc3)sc2c1. The monoisotopic (exact) mass is 513 g/mol. The van der Waals surface area contributed by atoms with E-state index in [9.17, 15) is 14.7 Å². The van der Waals surface area contributed by atoms with Crippen molar-refractivity contribution in [3.63, 3.8) is 0 Å². The van der Waals surface area contributed by atoms with Crippen molar-refractivity contribution in [2.45, 2.75) is 32.4 Å². The first-order chi connectivity index (χ1) is 17.9. The highest BCUT2D eigenvalue weighted by Crippen LogP contribution is 2.45. The van der Waals surface area contributed by atoms with Gasteiger partial charge in [-0.05, 0) is 67.4 Å². The number of fused-ring (bicyclic) bond motifs is 2. The van der Waals surface area contributed by atoms with Gasteiger partial charge in [0.15, 0.2) is 5.13 Å². The number of carbonyl (C=O) groups is 2. The molecular weight excluding hydrogens is 490 g/mol. The zero-order valence-electron chi connectivity index (χ0n) is 20.2. The summed E-state index contributed by atoms with van der Waals surface area (Å²) in [4.78, 5) is 37.1. The molecule has 2 aliphatic rings. The van der Waals surface area contributed by atoms with Crippen molar-refractivity contribution in [3.8, 4) is 11.5 Å². The minimum absolute atomic E-state index is 0.000764. The summed E-state index contributed by atoms with van der Waals surface area (Å²) in [7, 11) is 0. The highest BCUT2D eigenvalue weighted by molar-refractivity contribution is 7.22. The molecule has 4 aromatic rings. The summed E-state index contributed by atoms with van der Waals surface area (Å²) < 4.78 is 12.2. The Morgan fingerprint density at radius 2 is 2.08 bits per heavy atom. The summed E-state index contributed by atoms with van der Waals surface area (Å²) >= 11 is 1.29. The van der Waals surface area contributed by atoms with Gasteiger partial charge in [-0.2, -0.15) is 0 Å². The fourth-order valence-electron chi connectivity index (χ4n) is 4.86. The van der Waals surface area contributed by atoms with Gasteiger partial charge in [0.2, 0.25) is 0 Å². The van der Waals surface area contributed by atoms with E-state index in [1.165, 1.54) is 16.2 Å². The average molecular weight is 514 g/mol. The lowest BCUT2D eigenvalue weighted by atomic mass is 9.95. The molecule has 0 bridgehead atoms. The van der Waals surface area contributed by atoms with Crippen LogP contribution in [0.2, 0.25) is 0 Å². The molecule has 1 amide bonds. The number of amides is 1. The third-order valence-corrected chi connectivity index (χ3v) is 7.50. The third-order valence-electron chi connectivity index (χ3n) is 6.48. The molecule has 0 radical (unpaired) electrons. The molecule has 9 heteroatoms. The molecule has 37 heavy (non-hydrogen) atoms. The van der Waals surface area contributed by atoms with Crippen LogP contribution in [0.1, 0.15) is 36.6 Å². The number of hydrogen-bond donors (Lipinski definition) is 1. The molecule has 0 saturated carbocycles. The van der Waals surface area contributed by atoms with Crippen LogP contribution in [-0.4, -0.2) is 39.5 Å². The van der Waals surface area contributed by atoms with Crippen LogP contribution < -0.4 is 14.4 Å². The highest BCUT2D eigenvalue weighted by Gasteiger charge is 2.48. The number of carbonyl (C=O) groups excluding carboxylic acids is 2. The lowest BCUT2D eigenvalue weighted by Gasteiger charge is -2.22. The predicted molar refractivity (Wildman–Crippen MR) is 140 cm³/mol. The topological polar surface area (TPSA) is 102 Å². The smallest absolute Gasteiger partial charge is 0.301 e. The molecule has 6 rings (SSSR count). The van der Waals surface area contributed by atoms with E-state index in [2.05, 4.69) is 9.97 Å². The molecule has 1 N–H and O–H groups in total. The lowest BCUT2D eigenvalue weighted by molar-refractivity contribution is -0.132. The van der Waals surface area contributed by atoms with Crippen LogP contribution in [0.3, 0.4) is 0 Å². The molecule has 0 unspecified atom stereocenters. The summed E-state index contributed by atoms with van der Waals surface area (Å²) in [6.07, 6.45) is 3.95. The first kappa shape index (κ1) is 23.2. The molecule has 1 fully saturated rings. The van der Waals surface area contributed by atoms with E-state index < -0.39 is 17.7 Å². The van der Waals surface area contributed by atoms with Crippen LogP contribution in [0, 0.1) is 0 Å². The zero-order valence-corrected chi connectivity index (χ0v) is 21.0. The zero-order chi connectivity index (χ0) is 25.7. The van der Waals surface area contributed by atoms with Gasteiger partial charge in [0.25, 0.3) is 5.78 Å². The van der Waals surface area contributed by atoms with E-state index in [1.54, 1.807) is 36.7 Å². The fraction of sp³-hybridized carbons (Fsp3) is 0.214. The Balaban J connectivity index is 1.50. The number of Topliss-reactive ketones (excluding diaryl/α,β-unsaturated/α-hetero) is 1. The fourth-order valence-corrected chi connectivity index (χ4v) is 5.88. The van der Waals surface area contributed by atoms with Crippen LogP contribution in [0.25, 0.3) is 16.0 Å². The van der Waals surface area contributed by atoms with E-state index in [-0.39, 0.29) is 17.4 Å². The van der Waals surface area contributed by atoms with Gasteiger partial charge in [0, 0.05) is 24.4 Å². The number of pyridine rings is 1. The molecule has 2 aromatic heterocycles. The first-order valence-corrected chi connectivity index (χ1v) is 12.8. The number of thiazole rings is 1. The number of aromatic nitrogens is 2. The summed E-state index contributed by atoms with van der Waals surface area (Å²) in [5.41, 5.74) is 2.67. The maximum atomic E-state index is 13.4. The number of anilines is 1. The van der Waals surface area contributed by atoms with E-state index in [1.807, 2.05) is 38.1 Å². The molecule has 0 aliphatic carbocycles. The van der Waals surface area contributed by atoms with Gasteiger partial charge >= 0.3 is 5.91 Å². The van der Waals surface area contributed by atoms with Gasteiger partial charge < -0.3 is 14.6 Å². The number of aliphatic hydroxyl groups is 1. The molecule has 186 valence electrons. The normalized spacial score (nSPS) is 20.3. The van der Waals surface area contributed by atoms with Crippen molar-refractivity contribution in [1.82, 2.24) is 9.97 Å². The summed E-state index contributed by atoms with van der Waals surface area (Å²) in [6, 6.07) is 13.4. The number of ether oxygens (including phenoxy) is 2. The Hall–Kier alpha value is -4.24. The van der Waals surface area contributed by atoms with Crippen LogP contribution in [0.5, 0.6) is 11.5 Å². The van der Waals surface area contributed by atoms with Gasteiger partial charge in [-0.25, -0.2) is 4.98 Å². The predicted octanol–water partition coefficient (Wildman–Crippen LogP) is 5.04. The maximum absolute atomic E-state index is 13.4. The van der Waals surface area contributed by atoms with Crippen molar-refractivity contribution in [1.29, 1.82) is 0 Å². The molecule has 8 nitrogen and oxygen atoms in total. The van der Waals surface area contributed by atoms with Crippen LogP contribution in [-0.2, 0) is 16.0 Å². The number of benzene rings is 2. The van der Waals surface area contributed by atoms with Crippen molar-refractivity contribution < 1.29 is 24.2 Å². The molecule has 0 spiro atoms. The molecular formula is C28H23N3O5S. The summed E-state index contributed by atoms with van der Waals surface area (Å²) in [5, 5.41) is 11.8. The van der Waals surface area contributed by atoms with E-state index in [0.29, 0.717) is 40.6 Å². The van der Waals surface area contributed by atoms with Gasteiger partial charge in [-0.15, -0.1) is 0 Å². The molecule has 2 aromatic carbocycles. The number of nitrogens with zero attached hydrogens (tertiary/aromatic N) is 3. The van der Waals surface area contributed by atoms with Crippen LogP contribution in [0.4, 0.5) is 5.13 Å². The van der Waals surface area contributed by atoms with E-state index >= 15 is 0 Å². The van der Waals surface area contributed by atoms with Gasteiger partial charge in [-0.3, -0.25) is 19.5 Å². The Morgan fingerprint density at radius 1 is 1.22 bits per heavy atom. The number of rotatable bonds is 5. The van der Waals surface area contributed by atoms with Crippen LogP contribution >= 0.6 is 11.3 Å². The molecule has 4 heterocycles. The third kappa shape index (κ3) is 3.92. The molecule has 2 aliphatic heterocycles. The summed E-state index contributed by atoms with van der Waals surface area (Å²) in [5.74, 6) is -0.305. The number of ketones is 1. The van der Waals surface area contributed by atoms with Crippen molar-refractivity contribution >= 4 is 44.1 Å². The Labute approximate surface area is 216 Å². The second kappa shape index (κ2) is 9.01. The highest BCUT2D eigenvalue weighted by atomic mass is 32.1. The number of hydrogen-bond acceptors (Lipinski definition) is 8. The average Bonchev–Trinajstić information content (AvgIpc) is 3.56. The van der Waals surface area contributed by atoms with E-state index in [4.69, 9.17) is 9.47 Å². The van der Waals surface area contributed by atoms with Crippen molar-refractivity contribution in [2.24, 2.45) is 0 Å².